The fourth-order valence-electron chi connectivity index (χ4n) is 1.09. The standard InChI is InChI=1S/C10H15NO/c1-8(12)9-4-6-10(7-5-9)11(2)3/h4-8,12H,1-3H3/p+1. The van der Waals surface area contributed by atoms with Crippen molar-refractivity contribution in [2.75, 3.05) is 14.1 Å². The van der Waals surface area contributed by atoms with Gasteiger partial charge in [-0.3, -0.25) is 0 Å². The minimum atomic E-state index is -0.365. The Labute approximate surface area is 73.4 Å². The van der Waals surface area contributed by atoms with E-state index in [1.807, 2.05) is 24.3 Å². The van der Waals surface area contributed by atoms with E-state index in [0.717, 1.165) is 5.56 Å². The van der Waals surface area contributed by atoms with Crippen molar-refractivity contribution in [3.8, 4) is 0 Å². The molecule has 1 aromatic carbocycles. The van der Waals surface area contributed by atoms with Gasteiger partial charge in [-0.2, -0.15) is 0 Å². The van der Waals surface area contributed by atoms with Gasteiger partial charge in [-0.05, 0) is 24.6 Å². The molecule has 0 aliphatic rings. The Kier molecular flexibility index (Phi) is 2.84. The van der Waals surface area contributed by atoms with Gasteiger partial charge in [0, 0.05) is 0 Å². The summed E-state index contributed by atoms with van der Waals surface area (Å²) >= 11 is 0. The predicted octanol–water partition coefficient (Wildman–Crippen LogP) is 0.516. The molecule has 0 spiro atoms. The maximum Gasteiger partial charge on any atom is 0.130 e. The third-order valence-corrected chi connectivity index (χ3v) is 1.97. The molecule has 0 fully saturated rings. The van der Waals surface area contributed by atoms with Crippen LogP contribution < -0.4 is 4.90 Å². The normalized spacial score (nSPS) is 13.4. The number of aliphatic hydroxyl groups excluding tert-OH is 1. The quantitative estimate of drug-likeness (QED) is 0.657. The molecule has 0 saturated heterocycles. The van der Waals surface area contributed by atoms with Crippen LogP contribution in [0.4, 0.5) is 5.69 Å². The van der Waals surface area contributed by atoms with E-state index in [-0.39, 0.29) is 6.10 Å². The van der Waals surface area contributed by atoms with E-state index >= 15 is 0 Å². The first-order valence-corrected chi connectivity index (χ1v) is 4.20. The Morgan fingerprint density at radius 3 is 2.00 bits per heavy atom. The molecule has 1 aromatic rings. The fourth-order valence-corrected chi connectivity index (χ4v) is 1.09. The smallest absolute Gasteiger partial charge is 0.130 e. The largest absolute Gasteiger partial charge is 0.389 e. The van der Waals surface area contributed by atoms with E-state index in [2.05, 4.69) is 14.1 Å². The van der Waals surface area contributed by atoms with E-state index in [4.69, 9.17) is 0 Å². The Bertz CT molecular complexity index is 212. The summed E-state index contributed by atoms with van der Waals surface area (Å²) in [4.78, 5) is 1.30. The van der Waals surface area contributed by atoms with E-state index in [1.165, 1.54) is 10.6 Å². The van der Waals surface area contributed by atoms with Crippen LogP contribution in [0.15, 0.2) is 24.3 Å². The molecule has 0 heterocycles. The molecular formula is C10H16NO+. The highest BCUT2D eigenvalue weighted by molar-refractivity contribution is 5.32. The number of benzene rings is 1. The van der Waals surface area contributed by atoms with E-state index in [0.29, 0.717) is 0 Å². The molecule has 1 rings (SSSR count). The lowest BCUT2D eigenvalue weighted by atomic mass is 10.1. The molecule has 0 amide bonds. The minimum absolute atomic E-state index is 0.365. The van der Waals surface area contributed by atoms with Crippen LogP contribution >= 0.6 is 0 Å². The van der Waals surface area contributed by atoms with Crippen molar-refractivity contribution in [3.63, 3.8) is 0 Å². The second-order valence-corrected chi connectivity index (χ2v) is 3.30. The summed E-state index contributed by atoms with van der Waals surface area (Å²) < 4.78 is 0. The molecule has 1 atom stereocenters. The van der Waals surface area contributed by atoms with Gasteiger partial charge in [-0.1, -0.05) is 12.1 Å². The Morgan fingerprint density at radius 2 is 1.67 bits per heavy atom. The van der Waals surface area contributed by atoms with Crippen LogP contribution in [0.5, 0.6) is 0 Å². The molecule has 2 nitrogen and oxygen atoms in total. The molecule has 0 radical (unpaired) electrons. The van der Waals surface area contributed by atoms with Crippen LogP contribution in [-0.4, -0.2) is 19.2 Å². The van der Waals surface area contributed by atoms with Gasteiger partial charge >= 0.3 is 0 Å². The summed E-state index contributed by atoms with van der Waals surface area (Å²) in [6.45, 7) is 1.78. The summed E-state index contributed by atoms with van der Waals surface area (Å²) in [5.41, 5.74) is 2.21. The van der Waals surface area contributed by atoms with Crippen LogP contribution in [0.25, 0.3) is 0 Å². The highest BCUT2D eigenvalue weighted by atomic mass is 16.3. The molecular weight excluding hydrogens is 150 g/mol. The lowest BCUT2D eigenvalue weighted by Gasteiger charge is -2.08. The second-order valence-electron chi connectivity index (χ2n) is 3.30. The first-order chi connectivity index (χ1) is 5.61. The average Bonchev–Trinajstić information content (AvgIpc) is 2.04. The molecule has 66 valence electrons. The molecule has 0 aromatic heterocycles. The zero-order valence-electron chi connectivity index (χ0n) is 7.83. The summed E-state index contributed by atoms with van der Waals surface area (Å²) in [5, 5.41) is 9.25. The number of rotatable bonds is 2. The molecule has 0 saturated carbocycles. The first-order valence-electron chi connectivity index (χ1n) is 4.20. The topological polar surface area (TPSA) is 24.7 Å². The van der Waals surface area contributed by atoms with Gasteiger partial charge in [0.15, 0.2) is 0 Å². The zero-order valence-corrected chi connectivity index (χ0v) is 7.83. The summed E-state index contributed by atoms with van der Waals surface area (Å²) in [7, 11) is 4.16. The van der Waals surface area contributed by atoms with Crippen molar-refractivity contribution in [2.24, 2.45) is 0 Å². The molecule has 0 bridgehead atoms. The van der Waals surface area contributed by atoms with E-state index in [1.54, 1.807) is 6.92 Å². The van der Waals surface area contributed by atoms with Crippen molar-refractivity contribution in [2.45, 2.75) is 13.0 Å². The van der Waals surface area contributed by atoms with Crippen molar-refractivity contribution in [1.82, 2.24) is 0 Å². The van der Waals surface area contributed by atoms with Crippen LogP contribution in [-0.2, 0) is 0 Å². The maximum absolute atomic E-state index is 9.25. The summed E-state index contributed by atoms with van der Waals surface area (Å²) in [6.07, 6.45) is -0.365. The van der Waals surface area contributed by atoms with Gasteiger partial charge in [-0.25, -0.2) is 0 Å². The van der Waals surface area contributed by atoms with Crippen LogP contribution in [0.1, 0.15) is 18.6 Å². The van der Waals surface area contributed by atoms with Gasteiger partial charge in [0.25, 0.3) is 0 Å². The van der Waals surface area contributed by atoms with Crippen molar-refractivity contribution in [1.29, 1.82) is 0 Å². The maximum atomic E-state index is 9.25. The lowest BCUT2D eigenvalue weighted by molar-refractivity contribution is -0.786. The molecule has 2 heteroatoms. The van der Waals surface area contributed by atoms with Crippen molar-refractivity contribution < 1.29 is 10.0 Å². The molecule has 0 aliphatic heterocycles. The Hall–Kier alpha value is -0.860. The molecule has 12 heavy (non-hydrogen) atoms. The highest BCUT2D eigenvalue weighted by Crippen LogP contribution is 2.12. The first kappa shape index (κ1) is 9.23. The van der Waals surface area contributed by atoms with Gasteiger partial charge in [0.2, 0.25) is 0 Å². The number of aliphatic hydroxyl groups is 1. The zero-order chi connectivity index (χ0) is 9.14. The SMILES string of the molecule is CC(O)c1ccc([NH+](C)C)cc1. The monoisotopic (exact) mass is 166 g/mol. The number of hydrogen-bond donors (Lipinski definition) is 2. The summed E-state index contributed by atoms with van der Waals surface area (Å²) in [5.74, 6) is 0. The minimum Gasteiger partial charge on any atom is -0.389 e. The Morgan fingerprint density at radius 1 is 1.17 bits per heavy atom. The van der Waals surface area contributed by atoms with Crippen LogP contribution in [0.3, 0.4) is 0 Å². The molecule has 1 unspecified atom stereocenters. The predicted molar refractivity (Wildman–Crippen MR) is 49.5 cm³/mol. The van der Waals surface area contributed by atoms with Crippen molar-refractivity contribution in [3.05, 3.63) is 29.8 Å². The third-order valence-electron chi connectivity index (χ3n) is 1.97. The number of nitrogens with one attached hydrogen (secondary N) is 1. The van der Waals surface area contributed by atoms with Gasteiger partial charge < -0.3 is 10.0 Å². The number of hydrogen-bond acceptors (Lipinski definition) is 1. The Balaban J connectivity index is 2.86. The number of quaternary nitrogens is 1. The third kappa shape index (κ3) is 2.06. The second kappa shape index (κ2) is 3.70. The lowest BCUT2D eigenvalue weighted by Crippen LogP contribution is -3.00. The van der Waals surface area contributed by atoms with Crippen molar-refractivity contribution >= 4 is 5.69 Å². The highest BCUT2D eigenvalue weighted by Gasteiger charge is 2.02. The van der Waals surface area contributed by atoms with Gasteiger partial charge in [0.1, 0.15) is 5.69 Å². The molecule has 2 N–H and O–H groups in total. The fraction of sp³-hybridized carbons (Fsp3) is 0.400. The van der Waals surface area contributed by atoms with Crippen LogP contribution in [0.2, 0.25) is 0 Å². The van der Waals surface area contributed by atoms with E-state index in [9.17, 15) is 5.11 Å². The van der Waals surface area contributed by atoms with Gasteiger partial charge in [0.05, 0.1) is 20.2 Å². The average molecular weight is 166 g/mol. The van der Waals surface area contributed by atoms with Crippen LogP contribution in [0, 0.1) is 0 Å². The van der Waals surface area contributed by atoms with Gasteiger partial charge in [-0.15, -0.1) is 0 Å². The molecule has 0 aliphatic carbocycles. The summed E-state index contributed by atoms with van der Waals surface area (Å²) in [6, 6.07) is 8.01. The van der Waals surface area contributed by atoms with E-state index < -0.39 is 0 Å².